The molecule has 7 heteroatoms. The van der Waals surface area contributed by atoms with Crippen molar-refractivity contribution in [3.63, 3.8) is 0 Å². The highest BCUT2D eigenvalue weighted by Crippen LogP contribution is 2.31. The molecular formula is C14H21N3O3S. The van der Waals surface area contributed by atoms with Gasteiger partial charge < -0.3 is 11.1 Å². The van der Waals surface area contributed by atoms with Gasteiger partial charge in [-0.3, -0.25) is 9.52 Å². The molecule has 1 aromatic carbocycles. The number of sulfonamides is 1. The summed E-state index contributed by atoms with van der Waals surface area (Å²) in [7, 11) is -3.42. The third-order valence-electron chi connectivity index (χ3n) is 3.54. The number of carbonyl (C=O) groups excluding carboxylic acids is 1. The van der Waals surface area contributed by atoms with Crippen molar-refractivity contribution in [2.45, 2.75) is 25.8 Å². The summed E-state index contributed by atoms with van der Waals surface area (Å²) in [6.45, 7) is 1.94. The Morgan fingerprint density at radius 2 is 2.05 bits per heavy atom. The van der Waals surface area contributed by atoms with Gasteiger partial charge in [0.05, 0.1) is 17.0 Å². The SMILES string of the molecule is CCS(=O)(=O)Nc1ccccc1C(=O)NCC(N)C1CC1. The molecule has 6 nitrogen and oxygen atoms in total. The van der Waals surface area contributed by atoms with Crippen LogP contribution in [0.15, 0.2) is 24.3 Å². The Labute approximate surface area is 125 Å². The summed E-state index contributed by atoms with van der Waals surface area (Å²) in [5, 5.41) is 2.77. The van der Waals surface area contributed by atoms with Gasteiger partial charge in [0.1, 0.15) is 0 Å². The predicted molar refractivity (Wildman–Crippen MR) is 82.6 cm³/mol. The summed E-state index contributed by atoms with van der Waals surface area (Å²) in [5.41, 5.74) is 6.53. The van der Waals surface area contributed by atoms with E-state index in [-0.39, 0.29) is 23.4 Å². The van der Waals surface area contributed by atoms with Crippen LogP contribution in [0.2, 0.25) is 0 Å². The van der Waals surface area contributed by atoms with Gasteiger partial charge in [-0.2, -0.15) is 0 Å². The number of amides is 1. The fraction of sp³-hybridized carbons (Fsp3) is 0.500. The fourth-order valence-electron chi connectivity index (χ4n) is 2.01. The zero-order valence-corrected chi connectivity index (χ0v) is 12.8. The van der Waals surface area contributed by atoms with Gasteiger partial charge in [-0.1, -0.05) is 12.1 Å². The van der Waals surface area contributed by atoms with Gasteiger partial charge in [-0.15, -0.1) is 0 Å². The van der Waals surface area contributed by atoms with Crippen LogP contribution in [0.4, 0.5) is 5.69 Å². The minimum atomic E-state index is -3.42. The number of anilines is 1. The molecule has 1 saturated carbocycles. The first kappa shape index (κ1) is 15.8. The van der Waals surface area contributed by atoms with Crippen molar-refractivity contribution in [1.29, 1.82) is 0 Å². The highest BCUT2D eigenvalue weighted by atomic mass is 32.2. The average molecular weight is 311 g/mol. The van der Waals surface area contributed by atoms with E-state index in [1.807, 2.05) is 0 Å². The maximum atomic E-state index is 12.2. The number of rotatable bonds is 7. The summed E-state index contributed by atoms with van der Waals surface area (Å²) in [4.78, 5) is 12.2. The summed E-state index contributed by atoms with van der Waals surface area (Å²) in [6.07, 6.45) is 2.23. The van der Waals surface area contributed by atoms with Crippen molar-refractivity contribution in [2.75, 3.05) is 17.0 Å². The monoisotopic (exact) mass is 311 g/mol. The first-order valence-corrected chi connectivity index (χ1v) is 8.71. The Morgan fingerprint density at radius 3 is 2.67 bits per heavy atom. The lowest BCUT2D eigenvalue weighted by Gasteiger charge is -2.14. The van der Waals surface area contributed by atoms with Gasteiger partial charge in [0.2, 0.25) is 10.0 Å². The van der Waals surface area contributed by atoms with E-state index in [9.17, 15) is 13.2 Å². The highest BCUT2D eigenvalue weighted by Gasteiger charge is 2.28. The van der Waals surface area contributed by atoms with Crippen molar-refractivity contribution >= 4 is 21.6 Å². The molecule has 1 aromatic rings. The van der Waals surface area contributed by atoms with E-state index < -0.39 is 10.0 Å². The second kappa shape index (κ2) is 6.44. The maximum Gasteiger partial charge on any atom is 0.253 e. The van der Waals surface area contributed by atoms with E-state index in [1.165, 1.54) is 0 Å². The molecular weight excluding hydrogens is 290 g/mol. The van der Waals surface area contributed by atoms with Crippen LogP contribution in [0.5, 0.6) is 0 Å². The van der Waals surface area contributed by atoms with Crippen LogP contribution in [0.1, 0.15) is 30.1 Å². The molecule has 0 heterocycles. The molecule has 0 saturated heterocycles. The van der Waals surface area contributed by atoms with Crippen LogP contribution >= 0.6 is 0 Å². The quantitative estimate of drug-likeness (QED) is 0.697. The summed E-state index contributed by atoms with van der Waals surface area (Å²) in [6, 6.07) is 6.50. The largest absolute Gasteiger partial charge is 0.350 e. The third kappa shape index (κ3) is 4.44. The number of nitrogens with two attached hydrogens (primary N) is 1. The Bertz CT molecular complexity index is 612. The van der Waals surface area contributed by atoms with Crippen molar-refractivity contribution in [3.8, 4) is 0 Å². The van der Waals surface area contributed by atoms with E-state index >= 15 is 0 Å². The molecule has 0 aliphatic heterocycles. The molecule has 4 N–H and O–H groups in total. The van der Waals surface area contributed by atoms with Crippen LogP contribution in [0, 0.1) is 5.92 Å². The molecule has 1 unspecified atom stereocenters. The Kier molecular flexibility index (Phi) is 4.84. The van der Waals surface area contributed by atoms with Crippen molar-refractivity contribution < 1.29 is 13.2 Å². The van der Waals surface area contributed by atoms with Gasteiger partial charge in [-0.25, -0.2) is 8.42 Å². The van der Waals surface area contributed by atoms with Gasteiger partial charge >= 0.3 is 0 Å². The average Bonchev–Trinajstić information content (AvgIpc) is 3.29. The van der Waals surface area contributed by atoms with E-state index in [0.29, 0.717) is 18.0 Å². The van der Waals surface area contributed by atoms with Crippen molar-refractivity contribution in [3.05, 3.63) is 29.8 Å². The van der Waals surface area contributed by atoms with E-state index in [2.05, 4.69) is 10.0 Å². The van der Waals surface area contributed by atoms with Crippen molar-refractivity contribution in [1.82, 2.24) is 5.32 Å². The zero-order chi connectivity index (χ0) is 15.5. The third-order valence-corrected chi connectivity index (χ3v) is 4.83. The van der Waals surface area contributed by atoms with Crippen molar-refractivity contribution in [2.24, 2.45) is 11.7 Å². The number of para-hydroxylation sites is 1. The Balaban J connectivity index is 2.05. The lowest BCUT2D eigenvalue weighted by Crippen LogP contribution is -2.38. The predicted octanol–water partition coefficient (Wildman–Crippen LogP) is 0.915. The molecule has 1 fully saturated rings. The smallest absolute Gasteiger partial charge is 0.253 e. The maximum absolute atomic E-state index is 12.2. The lowest BCUT2D eigenvalue weighted by molar-refractivity contribution is 0.0951. The molecule has 0 aromatic heterocycles. The summed E-state index contributed by atoms with van der Waals surface area (Å²) < 4.78 is 25.7. The molecule has 21 heavy (non-hydrogen) atoms. The van der Waals surface area contributed by atoms with Crippen LogP contribution < -0.4 is 15.8 Å². The molecule has 2 rings (SSSR count). The standard InChI is InChI=1S/C14H21N3O3S/c1-2-21(19,20)17-13-6-4-3-5-11(13)14(18)16-9-12(15)10-7-8-10/h3-6,10,12,17H,2,7-9,15H2,1H3,(H,16,18). The summed E-state index contributed by atoms with van der Waals surface area (Å²) in [5.74, 6) is 0.134. The Morgan fingerprint density at radius 1 is 1.38 bits per heavy atom. The molecule has 1 aliphatic rings. The molecule has 116 valence electrons. The van der Waals surface area contributed by atoms with Gasteiger partial charge in [0, 0.05) is 12.6 Å². The minimum Gasteiger partial charge on any atom is -0.350 e. The molecule has 0 bridgehead atoms. The van der Waals surface area contributed by atoms with E-state index in [4.69, 9.17) is 5.73 Å². The number of hydrogen-bond acceptors (Lipinski definition) is 4. The minimum absolute atomic E-state index is 0.0338. The highest BCUT2D eigenvalue weighted by molar-refractivity contribution is 7.92. The lowest BCUT2D eigenvalue weighted by atomic mass is 10.1. The number of hydrogen-bond donors (Lipinski definition) is 3. The van der Waals surface area contributed by atoms with Gasteiger partial charge in [0.15, 0.2) is 0 Å². The van der Waals surface area contributed by atoms with Crippen LogP contribution in [0.25, 0.3) is 0 Å². The zero-order valence-electron chi connectivity index (χ0n) is 12.0. The van der Waals surface area contributed by atoms with Crippen LogP contribution in [-0.2, 0) is 10.0 Å². The first-order chi connectivity index (χ1) is 9.93. The van der Waals surface area contributed by atoms with E-state index in [0.717, 1.165) is 12.8 Å². The van der Waals surface area contributed by atoms with Crippen LogP contribution in [-0.4, -0.2) is 32.7 Å². The van der Waals surface area contributed by atoms with Gasteiger partial charge in [-0.05, 0) is 37.8 Å². The van der Waals surface area contributed by atoms with Gasteiger partial charge in [0.25, 0.3) is 5.91 Å². The fourth-order valence-corrected chi connectivity index (χ4v) is 2.66. The van der Waals surface area contributed by atoms with E-state index in [1.54, 1.807) is 31.2 Å². The molecule has 0 spiro atoms. The molecule has 1 amide bonds. The first-order valence-electron chi connectivity index (χ1n) is 7.06. The number of carbonyl (C=O) groups is 1. The second-order valence-corrected chi connectivity index (χ2v) is 7.27. The topological polar surface area (TPSA) is 101 Å². The molecule has 0 radical (unpaired) electrons. The Hall–Kier alpha value is -1.60. The van der Waals surface area contributed by atoms with Crippen LogP contribution in [0.3, 0.4) is 0 Å². The normalized spacial score (nSPS) is 16.3. The number of nitrogens with one attached hydrogen (secondary N) is 2. The molecule has 1 atom stereocenters. The second-order valence-electron chi connectivity index (χ2n) is 5.26. The molecule has 1 aliphatic carbocycles. The summed E-state index contributed by atoms with van der Waals surface area (Å²) >= 11 is 0. The number of benzene rings is 1.